The van der Waals surface area contributed by atoms with Gasteiger partial charge in [-0.1, -0.05) is 119 Å². The fourth-order valence-corrected chi connectivity index (χ4v) is 8.90. The fraction of sp³-hybridized carbons (Fsp3) is 0.176. The van der Waals surface area contributed by atoms with Crippen LogP contribution in [0.3, 0.4) is 0 Å². The van der Waals surface area contributed by atoms with Crippen molar-refractivity contribution < 1.29 is 28.9 Å². The number of para-hydroxylation sites is 4. The van der Waals surface area contributed by atoms with Gasteiger partial charge in [0.25, 0.3) is 0 Å². The maximum atomic E-state index is 6.64. The number of aromatic nitrogens is 3. The third-order valence-electron chi connectivity index (χ3n) is 10.9. The van der Waals surface area contributed by atoms with Crippen LogP contribution in [0.5, 0.6) is 0 Å². The van der Waals surface area contributed by atoms with Gasteiger partial charge >= 0.3 is 0 Å². The van der Waals surface area contributed by atoms with E-state index in [0.717, 1.165) is 77.6 Å². The monoisotopic (exact) mass is 952 g/mol. The van der Waals surface area contributed by atoms with Gasteiger partial charge in [-0.15, -0.1) is 54.1 Å². The zero-order valence-corrected chi connectivity index (χ0v) is 37.2. The summed E-state index contributed by atoms with van der Waals surface area (Å²) in [6, 6.07) is 50.5. The summed E-state index contributed by atoms with van der Waals surface area (Å²) in [5, 5.41) is 5.69. The van der Waals surface area contributed by atoms with Crippen molar-refractivity contribution in [1.29, 1.82) is 0 Å². The van der Waals surface area contributed by atoms with E-state index in [9.17, 15) is 0 Å². The van der Waals surface area contributed by atoms with E-state index in [0.29, 0.717) is 11.8 Å². The number of nitrogens with zero attached hydrogens (tertiary/aromatic N) is 3. The second kappa shape index (κ2) is 15.6. The van der Waals surface area contributed by atoms with E-state index in [1.165, 1.54) is 22.0 Å². The molecule has 0 saturated carbocycles. The molecule has 58 heavy (non-hydrogen) atoms. The van der Waals surface area contributed by atoms with Crippen molar-refractivity contribution >= 4 is 68.2 Å². The molecule has 0 atom stereocenters. The summed E-state index contributed by atoms with van der Waals surface area (Å²) in [4.78, 5) is 9.74. The van der Waals surface area contributed by atoms with Crippen LogP contribution in [0, 0.1) is 12.1 Å². The molecule has 10 rings (SSSR count). The predicted octanol–water partition coefficient (Wildman–Crippen LogP) is 13.6. The molecule has 7 heteroatoms. The van der Waals surface area contributed by atoms with Crippen molar-refractivity contribution in [3.63, 3.8) is 0 Å². The third-order valence-corrected chi connectivity index (χ3v) is 12.9. The Labute approximate surface area is 354 Å². The van der Waals surface area contributed by atoms with Gasteiger partial charge in [-0.25, -0.2) is 0 Å². The molecule has 4 aromatic heterocycles. The summed E-state index contributed by atoms with van der Waals surface area (Å²) >= 11 is 0. The minimum atomic E-state index is -1.23. The van der Waals surface area contributed by atoms with E-state index in [1.54, 1.807) is 0 Å². The zero-order valence-electron chi connectivity index (χ0n) is 33.8. The second-order valence-corrected chi connectivity index (χ2v) is 21.5. The summed E-state index contributed by atoms with van der Waals surface area (Å²) in [6.07, 6.45) is 2.02. The van der Waals surface area contributed by atoms with E-state index in [1.807, 2.05) is 66.9 Å². The van der Waals surface area contributed by atoms with Crippen LogP contribution in [0.25, 0.3) is 83.2 Å². The average molecular weight is 952 g/mol. The Balaban J connectivity index is 0.000000233. The minimum absolute atomic E-state index is 0. The Morgan fingerprint density at radius 1 is 0.621 bits per heavy atom. The van der Waals surface area contributed by atoms with Gasteiger partial charge in [-0.2, -0.15) is 0 Å². The van der Waals surface area contributed by atoms with Gasteiger partial charge in [-0.05, 0) is 58.1 Å². The van der Waals surface area contributed by atoms with E-state index in [-0.39, 0.29) is 20.1 Å². The molecule has 0 spiro atoms. The predicted molar refractivity (Wildman–Crippen MR) is 240 cm³/mol. The number of rotatable bonds is 6. The van der Waals surface area contributed by atoms with Gasteiger partial charge in [0.2, 0.25) is 0 Å². The molecule has 0 unspecified atom stereocenters. The SMILES string of the molecule is CC(C)c1cccc(C(C)C)c1-n1c(-c2[c-]ccc3c2oc2cc4oc5ccccc5c4cc23)nc2ccccc21.C[Si](C)(C)c1ccc(-c2[c-]cccc2)nc1.[Ir]. The van der Waals surface area contributed by atoms with Crippen LogP contribution in [-0.4, -0.2) is 22.6 Å². The van der Waals surface area contributed by atoms with Crippen molar-refractivity contribution in [3.8, 4) is 28.3 Å². The Morgan fingerprint density at radius 2 is 1.33 bits per heavy atom. The fourth-order valence-electron chi connectivity index (χ4n) is 7.87. The van der Waals surface area contributed by atoms with Gasteiger partial charge in [0.15, 0.2) is 0 Å². The van der Waals surface area contributed by atoms with Crippen LogP contribution in [0.1, 0.15) is 50.7 Å². The number of hydrogen-bond acceptors (Lipinski definition) is 4. The second-order valence-electron chi connectivity index (χ2n) is 16.5. The zero-order chi connectivity index (χ0) is 39.4. The van der Waals surface area contributed by atoms with Crippen LogP contribution >= 0.6 is 0 Å². The summed E-state index contributed by atoms with van der Waals surface area (Å²) in [7, 11) is -1.23. The molecule has 5 nitrogen and oxygen atoms in total. The largest absolute Gasteiger partial charge is 0.500 e. The van der Waals surface area contributed by atoms with Gasteiger partial charge in [0.1, 0.15) is 16.7 Å². The third kappa shape index (κ3) is 7.02. The molecule has 10 aromatic rings. The maximum absolute atomic E-state index is 6.64. The smallest absolute Gasteiger partial charge is 0.139 e. The van der Waals surface area contributed by atoms with Crippen LogP contribution in [0.2, 0.25) is 19.6 Å². The quantitative estimate of drug-likeness (QED) is 0.123. The van der Waals surface area contributed by atoms with E-state index >= 15 is 0 Å². The first kappa shape index (κ1) is 39.2. The first-order chi connectivity index (χ1) is 27.6. The number of furan rings is 2. The molecule has 0 aliphatic carbocycles. The summed E-state index contributed by atoms with van der Waals surface area (Å²) in [5.41, 5.74) is 12.0. The molecule has 0 fully saturated rings. The molecule has 4 heterocycles. The molecule has 0 aliphatic rings. The van der Waals surface area contributed by atoms with Crippen molar-refractivity contribution in [2.24, 2.45) is 0 Å². The minimum Gasteiger partial charge on any atom is -0.500 e. The number of pyridine rings is 1. The first-order valence-corrected chi connectivity index (χ1v) is 23.3. The normalized spacial score (nSPS) is 11.9. The van der Waals surface area contributed by atoms with Crippen LogP contribution < -0.4 is 5.19 Å². The van der Waals surface area contributed by atoms with Gasteiger partial charge in [0.05, 0.1) is 30.5 Å². The number of fused-ring (bicyclic) bond motifs is 7. The van der Waals surface area contributed by atoms with Crippen LogP contribution in [-0.2, 0) is 20.1 Å². The molecule has 0 bridgehead atoms. The van der Waals surface area contributed by atoms with Gasteiger partial charge in [0, 0.05) is 54.2 Å². The van der Waals surface area contributed by atoms with E-state index < -0.39 is 8.07 Å². The van der Waals surface area contributed by atoms with E-state index in [2.05, 4.69) is 136 Å². The topological polar surface area (TPSA) is 57.0 Å². The van der Waals surface area contributed by atoms with Crippen LogP contribution in [0.4, 0.5) is 0 Å². The standard InChI is InChI=1S/C37H29N2O2.C14H16NSi.Ir/c1-21(2)23-12-9-13-24(22(3)4)35(23)39-31-17-7-6-16-30(31)38-37(39)27-15-10-14-26-29-19-28-25-11-5-8-18-32(25)40-33(28)20-34(29)41-36(26)27;1-16(2,3)13-9-10-14(15-11-13)12-7-5-4-6-8-12;/h5-14,16-22H,1-4H3;4-7,9-11H,1-3H3;/q2*-1;. The molecule has 0 N–H and O–H groups in total. The van der Waals surface area contributed by atoms with Crippen LogP contribution in [0.15, 0.2) is 142 Å². The molecular weight excluding hydrogens is 907 g/mol. The Kier molecular flexibility index (Phi) is 10.6. The Morgan fingerprint density at radius 3 is 2.03 bits per heavy atom. The first-order valence-electron chi connectivity index (χ1n) is 19.8. The Hall–Kier alpha value is -5.59. The molecule has 0 aliphatic heterocycles. The number of imidazole rings is 1. The molecule has 0 saturated heterocycles. The van der Waals surface area contributed by atoms with Crippen molar-refractivity contribution in [3.05, 3.63) is 157 Å². The van der Waals surface area contributed by atoms with E-state index in [4.69, 9.17) is 13.8 Å². The van der Waals surface area contributed by atoms with Gasteiger partial charge < -0.3 is 18.4 Å². The number of hydrogen-bond donors (Lipinski definition) is 0. The van der Waals surface area contributed by atoms with Crippen molar-refractivity contribution in [2.75, 3.05) is 0 Å². The van der Waals surface area contributed by atoms with Gasteiger partial charge in [-0.3, -0.25) is 4.98 Å². The summed E-state index contributed by atoms with van der Waals surface area (Å²) in [6.45, 7) is 16.0. The van der Waals surface area contributed by atoms with Crippen molar-refractivity contribution in [1.82, 2.24) is 14.5 Å². The maximum Gasteiger partial charge on any atom is 0.139 e. The Bertz CT molecular complexity index is 3030. The molecular formula is C51H45IrN3O2Si-2. The number of benzene rings is 6. The molecule has 6 aromatic carbocycles. The average Bonchev–Trinajstić information content (AvgIpc) is 3.90. The molecule has 0 amide bonds. The van der Waals surface area contributed by atoms with Crippen molar-refractivity contribution in [2.45, 2.75) is 59.2 Å². The molecule has 1 radical (unpaired) electrons. The summed E-state index contributed by atoms with van der Waals surface area (Å²) in [5.74, 6) is 1.52. The summed E-state index contributed by atoms with van der Waals surface area (Å²) < 4.78 is 15.1. The molecule has 291 valence electrons.